The van der Waals surface area contributed by atoms with E-state index < -0.39 is 0 Å². The van der Waals surface area contributed by atoms with Crippen LogP contribution in [0, 0.1) is 0 Å². The summed E-state index contributed by atoms with van der Waals surface area (Å²) in [5.41, 5.74) is 3.03. The predicted molar refractivity (Wildman–Crippen MR) is 115 cm³/mol. The topological polar surface area (TPSA) is 44.8 Å². The third-order valence-electron chi connectivity index (χ3n) is 5.03. The molecule has 1 N–H and O–H groups in total. The fourth-order valence-electron chi connectivity index (χ4n) is 3.41. The smallest absolute Gasteiger partial charge is 0.255 e. The van der Waals surface area contributed by atoms with Crippen molar-refractivity contribution in [3.05, 3.63) is 57.6 Å². The number of halogens is 2. The normalized spacial score (nSPS) is 16.8. The minimum Gasteiger partial charge on any atom is -0.488 e. The Kier molecular flexibility index (Phi) is 5.49. The van der Waals surface area contributed by atoms with Gasteiger partial charge in [-0.25, -0.2) is 0 Å². The van der Waals surface area contributed by atoms with E-state index in [-0.39, 0.29) is 12.5 Å². The van der Waals surface area contributed by atoms with Gasteiger partial charge in [0.05, 0.1) is 16.9 Å². The lowest BCUT2D eigenvalue weighted by Crippen LogP contribution is -2.44. The van der Waals surface area contributed by atoms with E-state index in [1.54, 1.807) is 18.2 Å². The lowest BCUT2D eigenvalue weighted by Gasteiger charge is -2.35. The number of hydrogen-bond donors (Lipinski definition) is 1. The number of hydrogen-bond acceptors (Lipinski definition) is 4. The van der Waals surface area contributed by atoms with Gasteiger partial charge in [0.1, 0.15) is 12.4 Å². The van der Waals surface area contributed by atoms with Gasteiger partial charge in [0.15, 0.2) is 0 Å². The molecule has 2 aromatic carbocycles. The van der Waals surface area contributed by atoms with Crippen molar-refractivity contribution in [2.75, 3.05) is 50.1 Å². The van der Waals surface area contributed by atoms with Gasteiger partial charge in [-0.1, -0.05) is 23.2 Å². The maximum absolute atomic E-state index is 12.9. The van der Waals surface area contributed by atoms with Crippen molar-refractivity contribution in [1.82, 2.24) is 4.90 Å². The SMILES string of the molecule is CN1CCN(c2ccc(Cl)cc2NC(=O)C2=Cc3cc(Cl)ccc3OC2)CC1. The van der Waals surface area contributed by atoms with Gasteiger partial charge in [-0.05, 0) is 49.5 Å². The van der Waals surface area contributed by atoms with Crippen LogP contribution in [-0.2, 0) is 4.79 Å². The largest absolute Gasteiger partial charge is 0.488 e. The second-order valence-corrected chi connectivity index (χ2v) is 7.92. The summed E-state index contributed by atoms with van der Waals surface area (Å²) in [7, 11) is 2.11. The van der Waals surface area contributed by atoms with Crippen molar-refractivity contribution >= 4 is 46.6 Å². The molecule has 146 valence electrons. The highest BCUT2D eigenvalue weighted by Gasteiger charge is 2.21. The molecule has 0 bridgehead atoms. The zero-order valence-electron chi connectivity index (χ0n) is 15.5. The molecule has 4 rings (SSSR count). The number of nitrogens with one attached hydrogen (secondary N) is 1. The van der Waals surface area contributed by atoms with Gasteiger partial charge in [-0.3, -0.25) is 4.79 Å². The van der Waals surface area contributed by atoms with Gasteiger partial charge >= 0.3 is 0 Å². The molecule has 7 heteroatoms. The van der Waals surface area contributed by atoms with Crippen LogP contribution in [0.25, 0.3) is 6.08 Å². The Morgan fingerprint density at radius 3 is 2.54 bits per heavy atom. The second kappa shape index (κ2) is 8.03. The van der Waals surface area contributed by atoms with Gasteiger partial charge in [-0.2, -0.15) is 0 Å². The van der Waals surface area contributed by atoms with E-state index in [0.717, 1.165) is 43.2 Å². The van der Waals surface area contributed by atoms with Crippen molar-refractivity contribution in [1.29, 1.82) is 0 Å². The molecule has 5 nitrogen and oxygen atoms in total. The first kappa shape index (κ1) is 19.1. The van der Waals surface area contributed by atoms with E-state index >= 15 is 0 Å². The summed E-state index contributed by atoms with van der Waals surface area (Å²) < 4.78 is 5.70. The molecule has 0 unspecified atom stereocenters. The fraction of sp³-hybridized carbons (Fsp3) is 0.286. The number of rotatable bonds is 3. The first-order chi connectivity index (χ1) is 13.5. The first-order valence-electron chi connectivity index (χ1n) is 9.17. The lowest BCUT2D eigenvalue weighted by atomic mass is 10.1. The van der Waals surface area contributed by atoms with Crippen molar-refractivity contribution in [3.8, 4) is 5.75 Å². The third kappa shape index (κ3) is 4.12. The standard InChI is InChI=1S/C21H21Cl2N3O2/c1-25-6-8-26(9-7-25)19-4-2-17(23)12-18(19)24-21(27)15-10-14-11-16(22)3-5-20(14)28-13-15/h2-5,10-12H,6-9,13H2,1H3,(H,24,27). The summed E-state index contributed by atoms with van der Waals surface area (Å²) in [4.78, 5) is 17.5. The minimum atomic E-state index is -0.205. The zero-order chi connectivity index (χ0) is 19.7. The molecule has 2 aromatic rings. The number of piperazine rings is 1. The molecular formula is C21H21Cl2N3O2. The number of anilines is 2. The maximum atomic E-state index is 12.9. The van der Waals surface area contributed by atoms with Crippen molar-refractivity contribution in [2.24, 2.45) is 0 Å². The number of carbonyl (C=O) groups excluding carboxylic acids is 1. The number of carbonyl (C=O) groups is 1. The average molecular weight is 418 g/mol. The molecule has 1 amide bonds. The maximum Gasteiger partial charge on any atom is 0.255 e. The Labute approximate surface area is 174 Å². The highest BCUT2D eigenvalue weighted by molar-refractivity contribution is 6.31. The first-order valence-corrected chi connectivity index (χ1v) is 9.92. The number of fused-ring (bicyclic) bond motifs is 1. The lowest BCUT2D eigenvalue weighted by molar-refractivity contribution is -0.113. The third-order valence-corrected chi connectivity index (χ3v) is 5.50. The number of amides is 1. The van der Waals surface area contributed by atoms with E-state index in [1.807, 2.05) is 24.3 Å². The highest BCUT2D eigenvalue weighted by atomic mass is 35.5. The van der Waals surface area contributed by atoms with Crippen molar-refractivity contribution in [2.45, 2.75) is 0 Å². The summed E-state index contributed by atoms with van der Waals surface area (Å²) >= 11 is 12.3. The minimum absolute atomic E-state index is 0.205. The Morgan fingerprint density at radius 2 is 1.75 bits per heavy atom. The number of likely N-dealkylation sites (N-methyl/N-ethyl adjacent to an activating group) is 1. The molecular weight excluding hydrogens is 397 g/mol. The van der Waals surface area contributed by atoms with Gasteiger partial charge in [0.2, 0.25) is 0 Å². The molecule has 0 aromatic heterocycles. The predicted octanol–water partition coefficient (Wildman–Crippen LogP) is 4.16. The van der Waals surface area contributed by atoms with Crippen LogP contribution in [0.1, 0.15) is 5.56 Å². The molecule has 28 heavy (non-hydrogen) atoms. The number of ether oxygens (including phenoxy) is 1. The molecule has 1 fully saturated rings. The molecule has 2 aliphatic rings. The Balaban J connectivity index is 1.57. The second-order valence-electron chi connectivity index (χ2n) is 7.05. The zero-order valence-corrected chi connectivity index (χ0v) is 17.1. The fourth-order valence-corrected chi connectivity index (χ4v) is 3.77. The van der Waals surface area contributed by atoms with Crippen LogP contribution in [0.4, 0.5) is 11.4 Å². The number of nitrogens with zero attached hydrogens (tertiary/aromatic N) is 2. The van der Waals surface area contributed by atoms with Crippen LogP contribution >= 0.6 is 23.2 Å². The van der Waals surface area contributed by atoms with E-state index in [1.165, 1.54) is 0 Å². The van der Waals surface area contributed by atoms with Crippen molar-refractivity contribution in [3.63, 3.8) is 0 Å². The molecule has 0 radical (unpaired) electrons. The summed E-state index contributed by atoms with van der Waals surface area (Å²) in [6.45, 7) is 3.97. The van der Waals surface area contributed by atoms with E-state index in [4.69, 9.17) is 27.9 Å². The molecule has 2 heterocycles. The Morgan fingerprint density at radius 1 is 1.04 bits per heavy atom. The summed E-state index contributed by atoms with van der Waals surface area (Å²) in [5.74, 6) is 0.519. The van der Waals surface area contributed by atoms with Gasteiger partial charge < -0.3 is 19.9 Å². The highest BCUT2D eigenvalue weighted by Crippen LogP contribution is 2.32. The van der Waals surface area contributed by atoms with Crippen LogP contribution in [0.2, 0.25) is 10.0 Å². The summed E-state index contributed by atoms with van der Waals surface area (Å²) in [6, 6.07) is 11.0. The summed E-state index contributed by atoms with van der Waals surface area (Å²) in [5, 5.41) is 4.20. The van der Waals surface area contributed by atoms with Crippen LogP contribution in [-0.4, -0.2) is 50.6 Å². The Bertz CT molecular complexity index is 937. The quantitative estimate of drug-likeness (QED) is 0.813. The monoisotopic (exact) mass is 417 g/mol. The molecule has 1 saturated heterocycles. The Hall–Kier alpha value is -2.21. The van der Waals surface area contributed by atoms with Crippen molar-refractivity contribution < 1.29 is 9.53 Å². The van der Waals surface area contributed by atoms with Gasteiger partial charge in [0, 0.05) is 41.8 Å². The summed E-state index contributed by atoms with van der Waals surface area (Å²) in [6.07, 6.45) is 1.82. The number of benzene rings is 2. The van der Waals surface area contributed by atoms with Crippen LogP contribution in [0.3, 0.4) is 0 Å². The molecule has 0 atom stereocenters. The van der Waals surface area contributed by atoms with Gasteiger partial charge in [-0.15, -0.1) is 0 Å². The van der Waals surface area contributed by atoms with Crippen LogP contribution in [0.5, 0.6) is 5.75 Å². The molecule has 0 aliphatic carbocycles. The molecule has 0 spiro atoms. The average Bonchev–Trinajstić information content (AvgIpc) is 2.68. The van der Waals surface area contributed by atoms with E-state index in [0.29, 0.717) is 21.3 Å². The van der Waals surface area contributed by atoms with Crippen LogP contribution in [0.15, 0.2) is 42.0 Å². The molecule has 0 saturated carbocycles. The van der Waals surface area contributed by atoms with E-state index in [2.05, 4.69) is 22.2 Å². The van der Waals surface area contributed by atoms with Gasteiger partial charge in [0.25, 0.3) is 5.91 Å². The molecule has 2 aliphatic heterocycles. The van der Waals surface area contributed by atoms with E-state index in [9.17, 15) is 4.79 Å². The van der Waals surface area contributed by atoms with Crippen LogP contribution < -0.4 is 15.0 Å².